The fourth-order valence-electron chi connectivity index (χ4n) is 2.90. The van der Waals surface area contributed by atoms with E-state index in [0.717, 1.165) is 18.9 Å². The molecule has 0 amide bonds. The Balaban J connectivity index is 1.83. The topological polar surface area (TPSA) is 31.4 Å². The summed E-state index contributed by atoms with van der Waals surface area (Å²) in [6.45, 7) is 9.92. The van der Waals surface area contributed by atoms with Gasteiger partial charge in [-0.3, -0.25) is 4.90 Å². The van der Waals surface area contributed by atoms with Gasteiger partial charge >= 0.3 is 0 Å². The van der Waals surface area contributed by atoms with Crippen LogP contribution in [0.1, 0.15) is 32.3 Å². The maximum atomic E-state index is 4.45. The molecule has 1 aromatic heterocycles. The zero-order valence-electron chi connectivity index (χ0n) is 13.1. The van der Waals surface area contributed by atoms with Gasteiger partial charge in [0, 0.05) is 25.3 Å². The number of aromatic nitrogens is 1. The highest BCUT2D eigenvalue weighted by Crippen LogP contribution is 2.17. The van der Waals surface area contributed by atoms with Crippen molar-refractivity contribution < 1.29 is 0 Å². The fraction of sp³-hybridized carbons (Fsp3) is 0.688. The smallest absolute Gasteiger partial charge is 0.125 e. The zero-order valence-corrected chi connectivity index (χ0v) is 13.1. The molecule has 0 radical (unpaired) electrons. The van der Waals surface area contributed by atoms with E-state index in [0.29, 0.717) is 6.04 Å². The maximum Gasteiger partial charge on any atom is 0.125 e. The van der Waals surface area contributed by atoms with Crippen molar-refractivity contribution in [1.29, 1.82) is 0 Å². The van der Waals surface area contributed by atoms with E-state index in [1.807, 2.05) is 6.20 Å². The third-order valence-electron chi connectivity index (χ3n) is 4.24. The molecule has 4 heteroatoms. The Morgan fingerprint density at radius 2 is 2.05 bits per heavy atom. The normalized spacial score (nSPS) is 17.6. The summed E-state index contributed by atoms with van der Waals surface area (Å²) < 4.78 is 0. The molecule has 112 valence electrons. The summed E-state index contributed by atoms with van der Waals surface area (Å²) in [5.41, 5.74) is 1.30. The van der Waals surface area contributed by atoms with Gasteiger partial charge in [-0.05, 0) is 58.1 Å². The predicted molar refractivity (Wildman–Crippen MR) is 85.0 cm³/mol. The summed E-state index contributed by atoms with van der Waals surface area (Å²) in [6.07, 6.45) is 4.57. The van der Waals surface area contributed by atoms with Crippen molar-refractivity contribution in [2.24, 2.45) is 0 Å². The molecular weight excluding hydrogens is 248 g/mol. The second kappa shape index (κ2) is 7.60. The van der Waals surface area contributed by atoms with E-state index in [4.69, 9.17) is 0 Å². The van der Waals surface area contributed by atoms with Crippen molar-refractivity contribution >= 4 is 5.82 Å². The van der Waals surface area contributed by atoms with Crippen LogP contribution in [0.25, 0.3) is 0 Å². The number of pyridine rings is 1. The lowest BCUT2D eigenvalue weighted by atomic mass is 10.0. The summed E-state index contributed by atoms with van der Waals surface area (Å²) in [4.78, 5) is 9.47. The van der Waals surface area contributed by atoms with Crippen molar-refractivity contribution in [3.63, 3.8) is 0 Å². The number of nitrogens with zero attached hydrogens (tertiary/aromatic N) is 3. The van der Waals surface area contributed by atoms with Crippen molar-refractivity contribution in [2.75, 3.05) is 38.5 Å². The molecule has 1 N–H and O–H groups in total. The Morgan fingerprint density at radius 1 is 1.30 bits per heavy atom. The van der Waals surface area contributed by atoms with Gasteiger partial charge in [-0.2, -0.15) is 0 Å². The highest BCUT2D eigenvalue weighted by molar-refractivity contribution is 5.35. The number of hydrogen-bond donors (Lipinski definition) is 1. The van der Waals surface area contributed by atoms with E-state index in [1.165, 1.54) is 38.0 Å². The van der Waals surface area contributed by atoms with Crippen LogP contribution in [-0.4, -0.2) is 54.1 Å². The Hall–Kier alpha value is -1.13. The lowest BCUT2D eigenvalue weighted by Gasteiger charge is -2.36. The molecular formula is C16H28N4. The molecule has 0 aliphatic carbocycles. The molecule has 1 saturated heterocycles. The minimum Gasteiger partial charge on any atom is -0.370 e. The molecule has 2 heterocycles. The Kier molecular flexibility index (Phi) is 5.80. The number of piperidine rings is 1. The Morgan fingerprint density at radius 3 is 2.60 bits per heavy atom. The largest absolute Gasteiger partial charge is 0.370 e. The first-order chi connectivity index (χ1) is 9.72. The lowest BCUT2D eigenvalue weighted by Crippen LogP contribution is -2.42. The first kappa shape index (κ1) is 15.3. The van der Waals surface area contributed by atoms with Gasteiger partial charge in [-0.1, -0.05) is 13.0 Å². The molecule has 4 nitrogen and oxygen atoms in total. The van der Waals surface area contributed by atoms with Gasteiger partial charge in [-0.15, -0.1) is 0 Å². The molecule has 0 spiro atoms. The standard InChI is InChI=1S/C16H28N4/c1-4-17-16-7-6-14(12-18-16)13-19(3)15-8-10-20(5-2)11-9-15/h6-7,12,15H,4-5,8-11,13H2,1-3H3,(H,17,18). The average molecular weight is 276 g/mol. The van der Waals surface area contributed by atoms with Crippen molar-refractivity contribution in [3.05, 3.63) is 23.9 Å². The van der Waals surface area contributed by atoms with Gasteiger partial charge in [-0.25, -0.2) is 4.98 Å². The minimum absolute atomic E-state index is 0.714. The van der Waals surface area contributed by atoms with E-state index in [2.05, 4.69) is 53.1 Å². The highest BCUT2D eigenvalue weighted by atomic mass is 15.2. The Bertz CT molecular complexity index is 382. The van der Waals surface area contributed by atoms with Crippen LogP contribution in [0.5, 0.6) is 0 Å². The summed E-state index contributed by atoms with van der Waals surface area (Å²) in [7, 11) is 2.24. The summed E-state index contributed by atoms with van der Waals surface area (Å²) in [5.74, 6) is 0.968. The summed E-state index contributed by atoms with van der Waals surface area (Å²) in [5, 5.41) is 3.23. The molecule has 1 aliphatic rings. The number of anilines is 1. The van der Waals surface area contributed by atoms with E-state index in [9.17, 15) is 0 Å². The lowest BCUT2D eigenvalue weighted by molar-refractivity contribution is 0.127. The summed E-state index contributed by atoms with van der Waals surface area (Å²) >= 11 is 0. The van der Waals surface area contributed by atoms with Crippen molar-refractivity contribution in [3.8, 4) is 0 Å². The number of rotatable bonds is 6. The molecule has 1 aliphatic heterocycles. The number of nitrogens with one attached hydrogen (secondary N) is 1. The monoisotopic (exact) mass is 276 g/mol. The van der Waals surface area contributed by atoms with Gasteiger partial charge in [0.25, 0.3) is 0 Å². The molecule has 0 bridgehead atoms. The van der Waals surface area contributed by atoms with E-state index in [1.54, 1.807) is 0 Å². The SMILES string of the molecule is CCNc1ccc(CN(C)C2CCN(CC)CC2)cn1. The molecule has 0 atom stereocenters. The van der Waals surface area contributed by atoms with E-state index < -0.39 is 0 Å². The number of likely N-dealkylation sites (tertiary alicyclic amines) is 1. The van der Waals surface area contributed by atoms with Crippen LogP contribution < -0.4 is 5.32 Å². The average Bonchev–Trinajstić information content (AvgIpc) is 2.49. The number of hydrogen-bond acceptors (Lipinski definition) is 4. The van der Waals surface area contributed by atoms with Gasteiger partial charge < -0.3 is 10.2 Å². The quantitative estimate of drug-likeness (QED) is 0.864. The third-order valence-corrected chi connectivity index (χ3v) is 4.24. The van der Waals surface area contributed by atoms with Crippen molar-refractivity contribution in [2.45, 2.75) is 39.3 Å². The van der Waals surface area contributed by atoms with Crippen LogP contribution >= 0.6 is 0 Å². The Labute approximate surface area is 123 Å². The van der Waals surface area contributed by atoms with E-state index in [-0.39, 0.29) is 0 Å². The van der Waals surface area contributed by atoms with Crippen LogP contribution in [0.2, 0.25) is 0 Å². The molecule has 0 saturated carbocycles. The first-order valence-corrected chi connectivity index (χ1v) is 7.84. The second-order valence-corrected chi connectivity index (χ2v) is 5.66. The van der Waals surface area contributed by atoms with Crippen LogP contribution in [0.3, 0.4) is 0 Å². The molecule has 2 rings (SSSR count). The first-order valence-electron chi connectivity index (χ1n) is 7.84. The third kappa shape index (κ3) is 4.18. The molecule has 0 aromatic carbocycles. The fourth-order valence-corrected chi connectivity index (χ4v) is 2.90. The minimum atomic E-state index is 0.714. The maximum absolute atomic E-state index is 4.45. The van der Waals surface area contributed by atoms with E-state index >= 15 is 0 Å². The highest BCUT2D eigenvalue weighted by Gasteiger charge is 2.21. The second-order valence-electron chi connectivity index (χ2n) is 5.66. The van der Waals surface area contributed by atoms with Gasteiger partial charge in [0.05, 0.1) is 0 Å². The van der Waals surface area contributed by atoms with Gasteiger partial charge in [0.2, 0.25) is 0 Å². The van der Waals surface area contributed by atoms with Crippen LogP contribution in [0.4, 0.5) is 5.82 Å². The molecule has 1 fully saturated rings. The van der Waals surface area contributed by atoms with Gasteiger partial charge in [0.1, 0.15) is 5.82 Å². The zero-order chi connectivity index (χ0) is 14.4. The van der Waals surface area contributed by atoms with Crippen LogP contribution in [-0.2, 0) is 6.54 Å². The van der Waals surface area contributed by atoms with Crippen LogP contribution in [0, 0.1) is 0 Å². The molecule has 1 aromatic rings. The predicted octanol–water partition coefficient (Wildman–Crippen LogP) is 2.43. The van der Waals surface area contributed by atoms with Gasteiger partial charge in [0.15, 0.2) is 0 Å². The molecule has 20 heavy (non-hydrogen) atoms. The molecule has 0 unspecified atom stereocenters. The van der Waals surface area contributed by atoms with Crippen LogP contribution in [0.15, 0.2) is 18.3 Å². The summed E-state index contributed by atoms with van der Waals surface area (Å²) in [6, 6.07) is 4.97. The van der Waals surface area contributed by atoms with Crippen molar-refractivity contribution in [1.82, 2.24) is 14.8 Å².